The topological polar surface area (TPSA) is 57.5 Å². The van der Waals surface area contributed by atoms with Crippen molar-refractivity contribution in [1.29, 1.82) is 0 Å². The van der Waals surface area contributed by atoms with Crippen LogP contribution in [0.15, 0.2) is 12.2 Å². The first-order chi connectivity index (χ1) is 5.87. The van der Waals surface area contributed by atoms with E-state index in [0.29, 0.717) is 0 Å². The van der Waals surface area contributed by atoms with Gasteiger partial charge in [-0.05, 0) is 18.3 Å². The molecule has 2 atom stereocenters. The molecule has 0 aromatic heterocycles. The number of carboxylic acids is 1. The molecule has 0 aromatic carbocycles. The van der Waals surface area contributed by atoms with Gasteiger partial charge in [-0.15, -0.1) is 0 Å². The standard InChI is InChI=1S/C10H16O3/c1-6-4-5-7(10(6,2)3)8(11)9(12)13/h7-8,11H,1,4-5H2,2-3H3,(H,12,13). The van der Waals surface area contributed by atoms with Crippen LogP contribution >= 0.6 is 0 Å². The van der Waals surface area contributed by atoms with Gasteiger partial charge in [0, 0.05) is 5.92 Å². The molecule has 3 nitrogen and oxygen atoms in total. The summed E-state index contributed by atoms with van der Waals surface area (Å²) in [6.07, 6.45) is 0.288. The summed E-state index contributed by atoms with van der Waals surface area (Å²) in [6.45, 7) is 7.78. The average Bonchev–Trinajstić information content (AvgIpc) is 2.26. The fourth-order valence-electron chi connectivity index (χ4n) is 2.00. The highest BCUT2D eigenvalue weighted by atomic mass is 16.4. The third kappa shape index (κ3) is 1.61. The van der Waals surface area contributed by atoms with Gasteiger partial charge >= 0.3 is 5.97 Å². The maximum absolute atomic E-state index is 10.6. The number of carbonyl (C=O) groups is 1. The molecule has 0 saturated heterocycles. The molecular formula is C10H16O3. The van der Waals surface area contributed by atoms with Gasteiger partial charge in [0.2, 0.25) is 0 Å². The van der Waals surface area contributed by atoms with E-state index >= 15 is 0 Å². The van der Waals surface area contributed by atoms with E-state index < -0.39 is 12.1 Å². The van der Waals surface area contributed by atoms with Crippen molar-refractivity contribution < 1.29 is 15.0 Å². The summed E-state index contributed by atoms with van der Waals surface area (Å²) in [5.74, 6) is -1.33. The van der Waals surface area contributed by atoms with Crippen LogP contribution < -0.4 is 0 Å². The first-order valence-corrected chi connectivity index (χ1v) is 4.46. The molecule has 13 heavy (non-hydrogen) atoms. The van der Waals surface area contributed by atoms with E-state index in [1.165, 1.54) is 0 Å². The lowest BCUT2D eigenvalue weighted by molar-refractivity contribution is -0.151. The largest absolute Gasteiger partial charge is 0.479 e. The maximum atomic E-state index is 10.6. The normalized spacial score (nSPS) is 28.8. The van der Waals surface area contributed by atoms with Gasteiger partial charge in [-0.2, -0.15) is 0 Å². The highest BCUT2D eigenvalue weighted by molar-refractivity contribution is 5.72. The summed E-state index contributed by atoms with van der Waals surface area (Å²) in [4.78, 5) is 10.6. The second-order valence-electron chi connectivity index (χ2n) is 4.25. The molecule has 1 aliphatic rings. The van der Waals surface area contributed by atoms with Crippen LogP contribution in [0.5, 0.6) is 0 Å². The Morgan fingerprint density at radius 3 is 2.54 bits per heavy atom. The molecule has 0 bridgehead atoms. The molecule has 1 fully saturated rings. The van der Waals surface area contributed by atoms with Crippen LogP contribution in [-0.4, -0.2) is 22.3 Å². The lowest BCUT2D eigenvalue weighted by atomic mass is 9.76. The fourth-order valence-corrected chi connectivity index (χ4v) is 2.00. The second kappa shape index (κ2) is 3.14. The van der Waals surface area contributed by atoms with Gasteiger partial charge in [-0.25, -0.2) is 4.79 Å². The van der Waals surface area contributed by atoms with Gasteiger partial charge in [0.1, 0.15) is 0 Å². The number of aliphatic carboxylic acids is 1. The lowest BCUT2D eigenvalue weighted by Crippen LogP contribution is -2.36. The molecule has 0 aromatic rings. The van der Waals surface area contributed by atoms with E-state index in [4.69, 9.17) is 5.11 Å². The molecule has 0 radical (unpaired) electrons. The van der Waals surface area contributed by atoms with Crippen LogP contribution in [0.2, 0.25) is 0 Å². The Balaban J connectivity index is 2.83. The van der Waals surface area contributed by atoms with Crippen molar-refractivity contribution in [3.8, 4) is 0 Å². The Morgan fingerprint density at radius 1 is 1.69 bits per heavy atom. The zero-order valence-corrected chi connectivity index (χ0v) is 8.08. The van der Waals surface area contributed by atoms with E-state index in [2.05, 4.69) is 6.58 Å². The van der Waals surface area contributed by atoms with Gasteiger partial charge < -0.3 is 10.2 Å². The van der Waals surface area contributed by atoms with Crippen molar-refractivity contribution in [1.82, 2.24) is 0 Å². The SMILES string of the molecule is C=C1CCC(C(O)C(=O)O)C1(C)C. The van der Waals surface area contributed by atoms with Gasteiger partial charge in [0.05, 0.1) is 0 Å². The average molecular weight is 184 g/mol. The number of aliphatic hydroxyl groups is 1. The number of allylic oxidation sites excluding steroid dienone is 1. The summed E-state index contributed by atoms with van der Waals surface area (Å²) in [6, 6.07) is 0. The minimum Gasteiger partial charge on any atom is -0.479 e. The lowest BCUT2D eigenvalue weighted by Gasteiger charge is -2.29. The minimum absolute atomic E-state index is 0.197. The number of rotatable bonds is 2. The zero-order chi connectivity index (χ0) is 10.2. The number of aliphatic hydroxyl groups excluding tert-OH is 1. The molecule has 0 aliphatic heterocycles. The third-order valence-corrected chi connectivity index (χ3v) is 3.23. The van der Waals surface area contributed by atoms with Crippen molar-refractivity contribution in [3.63, 3.8) is 0 Å². The third-order valence-electron chi connectivity index (χ3n) is 3.23. The Morgan fingerprint density at radius 2 is 2.23 bits per heavy atom. The molecule has 0 heterocycles. The summed E-state index contributed by atoms with van der Waals surface area (Å²) in [7, 11) is 0. The van der Waals surface area contributed by atoms with Crippen LogP contribution in [0.25, 0.3) is 0 Å². The predicted molar refractivity (Wildman–Crippen MR) is 49.3 cm³/mol. The number of hydrogen-bond donors (Lipinski definition) is 2. The predicted octanol–water partition coefficient (Wildman–Crippen LogP) is 1.42. The van der Waals surface area contributed by atoms with E-state index in [9.17, 15) is 9.90 Å². The number of hydrogen-bond acceptors (Lipinski definition) is 2. The highest BCUT2D eigenvalue weighted by Crippen LogP contribution is 2.47. The molecule has 1 saturated carbocycles. The van der Waals surface area contributed by atoms with Crippen molar-refractivity contribution in [3.05, 3.63) is 12.2 Å². The van der Waals surface area contributed by atoms with Crippen molar-refractivity contribution in [2.75, 3.05) is 0 Å². The maximum Gasteiger partial charge on any atom is 0.332 e. The van der Waals surface area contributed by atoms with Crippen molar-refractivity contribution >= 4 is 5.97 Å². The first-order valence-electron chi connectivity index (χ1n) is 4.46. The van der Waals surface area contributed by atoms with Crippen LogP contribution in [0.3, 0.4) is 0 Å². The second-order valence-corrected chi connectivity index (χ2v) is 4.25. The first kappa shape index (κ1) is 10.3. The van der Waals surface area contributed by atoms with E-state index in [0.717, 1.165) is 18.4 Å². The molecule has 3 heteroatoms. The molecule has 1 rings (SSSR count). The van der Waals surface area contributed by atoms with Gasteiger partial charge in [0.15, 0.2) is 6.10 Å². The van der Waals surface area contributed by atoms with Crippen molar-refractivity contribution in [2.24, 2.45) is 11.3 Å². The summed E-state index contributed by atoms with van der Waals surface area (Å²) in [5.41, 5.74) is 0.787. The van der Waals surface area contributed by atoms with Crippen LogP contribution in [0.4, 0.5) is 0 Å². The van der Waals surface area contributed by atoms with E-state index in [-0.39, 0.29) is 11.3 Å². The van der Waals surface area contributed by atoms with Gasteiger partial charge in [0.25, 0.3) is 0 Å². The summed E-state index contributed by atoms with van der Waals surface area (Å²) < 4.78 is 0. The van der Waals surface area contributed by atoms with E-state index in [1.807, 2.05) is 13.8 Å². The van der Waals surface area contributed by atoms with Gasteiger partial charge in [-0.3, -0.25) is 0 Å². The molecule has 2 unspecified atom stereocenters. The number of carboxylic acid groups (broad SMARTS) is 1. The monoisotopic (exact) mass is 184 g/mol. The molecule has 1 aliphatic carbocycles. The quantitative estimate of drug-likeness (QED) is 0.638. The Labute approximate surface area is 78.1 Å². The van der Waals surface area contributed by atoms with Crippen LogP contribution in [-0.2, 0) is 4.79 Å². The molecule has 0 spiro atoms. The summed E-state index contributed by atoms with van der Waals surface area (Å²) in [5, 5.41) is 18.1. The minimum atomic E-state index is -1.26. The molecule has 2 N–H and O–H groups in total. The Kier molecular flexibility index (Phi) is 2.48. The summed E-state index contributed by atoms with van der Waals surface area (Å²) >= 11 is 0. The zero-order valence-electron chi connectivity index (χ0n) is 8.08. The molecule has 0 amide bonds. The highest BCUT2D eigenvalue weighted by Gasteiger charge is 2.43. The smallest absolute Gasteiger partial charge is 0.332 e. The molecular weight excluding hydrogens is 168 g/mol. The van der Waals surface area contributed by atoms with Gasteiger partial charge in [-0.1, -0.05) is 26.0 Å². The Hall–Kier alpha value is -0.830. The van der Waals surface area contributed by atoms with Crippen LogP contribution in [0.1, 0.15) is 26.7 Å². The fraction of sp³-hybridized carbons (Fsp3) is 0.700. The van der Waals surface area contributed by atoms with E-state index in [1.54, 1.807) is 0 Å². The molecule has 74 valence electrons. The Bertz CT molecular complexity index is 243. The van der Waals surface area contributed by atoms with Crippen LogP contribution in [0, 0.1) is 11.3 Å². The van der Waals surface area contributed by atoms with Crippen molar-refractivity contribution in [2.45, 2.75) is 32.8 Å².